The molecule has 0 fully saturated rings. The third kappa shape index (κ3) is 2.69. The van der Waals surface area contributed by atoms with Gasteiger partial charge in [-0.3, -0.25) is 0 Å². The van der Waals surface area contributed by atoms with Gasteiger partial charge < -0.3 is 5.41 Å². The van der Waals surface area contributed by atoms with Gasteiger partial charge in [-0.1, -0.05) is 50.6 Å². The molecule has 0 bridgehead atoms. The van der Waals surface area contributed by atoms with Gasteiger partial charge in [-0.15, -0.1) is 0 Å². The van der Waals surface area contributed by atoms with Crippen LogP contribution in [-0.4, -0.2) is 5.71 Å². The van der Waals surface area contributed by atoms with E-state index in [1.807, 2.05) is 18.2 Å². The molecular weight excluding hydrogens is 158 g/mol. The lowest BCUT2D eigenvalue weighted by Crippen LogP contribution is -2.07. The molecule has 1 aromatic carbocycles. The van der Waals surface area contributed by atoms with Crippen LogP contribution in [0.3, 0.4) is 0 Å². The third-order valence-electron chi connectivity index (χ3n) is 2.34. The molecule has 0 amide bonds. The van der Waals surface area contributed by atoms with Crippen LogP contribution in [0.1, 0.15) is 38.2 Å². The van der Waals surface area contributed by atoms with E-state index < -0.39 is 0 Å². The Labute approximate surface area is 80.3 Å². The Bertz CT molecular complexity index is 264. The quantitative estimate of drug-likeness (QED) is 0.676. The van der Waals surface area contributed by atoms with E-state index in [9.17, 15) is 0 Å². The number of nitrogens with one attached hydrogen (secondary N) is 1. The lowest BCUT2D eigenvalue weighted by Gasteiger charge is -2.12. The molecule has 13 heavy (non-hydrogen) atoms. The van der Waals surface area contributed by atoms with E-state index in [1.54, 1.807) is 0 Å². The van der Waals surface area contributed by atoms with Gasteiger partial charge in [0.2, 0.25) is 0 Å². The molecule has 1 aromatic rings. The molecule has 70 valence electrons. The third-order valence-corrected chi connectivity index (χ3v) is 2.34. The van der Waals surface area contributed by atoms with Crippen LogP contribution >= 0.6 is 0 Å². The van der Waals surface area contributed by atoms with Crippen molar-refractivity contribution in [3.05, 3.63) is 35.9 Å². The fourth-order valence-corrected chi connectivity index (χ4v) is 1.43. The summed E-state index contributed by atoms with van der Waals surface area (Å²) < 4.78 is 0. The van der Waals surface area contributed by atoms with Gasteiger partial charge in [-0.2, -0.15) is 0 Å². The van der Waals surface area contributed by atoms with Gasteiger partial charge in [0.1, 0.15) is 0 Å². The summed E-state index contributed by atoms with van der Waals surface area (Å²) in [5, 5.41) is 7.83. The van der Waals surface area contributed by atoms with E-state index in [2.05, 4.69) is 26.0 Å². The monoisotopic (exact) mass is 175 g/mol. The van der Waals surface area contributed by atoms with Crippen LogP contribution in [0.25, 0.3) is 0 Å². The Kier molecular flexibility index (Phi) is 3.69. The second-order valence-corrected chi connectivity index (χ2v) is 3.41. The van der Waals surface area contributed by atoms with Gasteiger partial charge in [0, 0.05) is 11.6 Å². The normalized spacial score (nSPS) is 12.5. The first kappa shape index (κ1) is 9.97. The van der Waals surface area contributed by atoms with Gasteiger partial charge in [0.15, 0.2) is 0 Å². The molecule has 0 aliphatic rings. The highest BCUT2D eigenvalue weighted by Gasteiger charge is 2.09. The van der Waals surface area contributed by atoms with E-state index in [0.717, 1.165) is 18.6 Å². The molecule has 0 saturated carbocycles. The second kappa shape index (κ2) is 4.80. The molecule has 1 atom stereocenters. The predicted octanol–water partition coefficient (Wildman–Crippen LogP) is 3.61. The van der Waals surface area contributed by atoms with Crippen molar-refractivity contribution in [3.63, 3.8) is 0 Å². The van der Waals surface area contributed by atoms with Crippen molar-refractivity contribution >= 4 is 5.71 Å². The molecular formula is C12H17N. The van der Waals surface area contributed by atoms with Crippen LogP contribution in [0, 0.1) is 5.41 Å². The summed E-state index contributed by atoms with van der Waals surface area (Å²) >= 11 is 0. The van der Waals surface area contributed by atoms with E-state index in [4.69, 9.17) is 5.41 Å². The van der Waals surface area contributed by atoms with Gasteiger partial charge in [-0.25, -0.2) is 0 Å². The molecule has 0 aromatic heterocycles. The van der Waals surface area contributed by atoms with Crippen molar-refractivity contribution in [2.24, 2.45) is 0 Å². The van der Waals surface area contributed by atoms with Crippen molar-refractivity contribution in [1.29, 1.82) is 5.41 Å². The molecule has 1 N–H and O–H groups in total. The van der Waals surface area contributed by atoms with Gasteiger partial charge in [0.05, 0.1) is 0 Å². The maximum absolute atomic E-state index is 7.83. The molecule has 0 unspecified atom stereocenters. The van der Waals surface area contributed by atoms with E-state index >= 15 is 0 Å². The summed E-state index contributed by atoms with van der Waals surface area (Å²) in [5.41, 5.74) is 2.09. The Morgan fingerprint density at radius 3 is 2.46 bits per heavy atom. The van der Waals surface area contributed by atoms with Crippen LogP contribution in [0.4, 0.5) is 0 Å². The van der Waals surface area contributed by atoms with Crippen LogP contribution in [0.15, 0.2) is 30.3 Å². The van der Waals surface area contributed by atoms with Crippen molar-refractivity contribution in [2.45, 2.75) is 32.6 Å². The number of hydrogen-bond donors (Lipinski definition) is 1. The smallest absolute Gasteiger partial charge is 0.0188 e. The topological polar surface area (TPSA) is 23.9 Å². The summed E-state index contributed by atoms with van der Waals surface area (Å²) in [4.78, 5) is 0. The summed E-state index contributed by atoms with van der Waals surface area (Å²) in [7, 11) is 0. The van der Waals surface area contributed by atoms with Crippen LogP contribution in [0.5, 0.6) is 0 Å². The second-order valence-electron chi connectivity index (χ2n) is 3.41. The predicted molar refractivity (Wildman–Crippen MR) is 57.5 cm³/mol. The van der Waals surface area contributed by atoms with Gasteiger partial charge >= 0.3 is 0 Å². The zero-order valence-electron chi connectivity index (χ0n) is 8.38. The molecule has 0 aliphatic heterocycles. The van der Waals surface area contributed by atoms with Crippen molar-refractivity contribution in [1.82, 2.24) is 0 Å². The number of benzene rings is 1. The molecule has 1 rings (SSSR count). The highest BCUT2D eigenvalue weighted by molar-refractivity contribution is 5.87. The number of hydrogen-bond acceptors (Lipinski definition) is 1. The summed E-state index contributed by atoms with van der Waals surface area (Å²) in [6.07, 6.45) is 1.98. The first-order valence-corrected chi connectivity index (χ1v) is 4.88. The first-order valence-electron chi connectivity index (χ1n) is 4.88. The highest BCUT2D eigenvalue weighted by Crippen LogP contribution is 2.17. The summed E-state index contributed by atoms with van der Waals surface area (Å²) in [5.74, 6) is 0.279. The van der Waals surface area contributed by atoms with Crippen LogP contribution in [-0.2, 0) is 0 Å². The Morgan fingerprint density at radius 2 is 1.92 bits per heavy atom. The van der Waals surface area contributed by atoms with Gasteiger partial charge in [0.25, 0.3) is 0 Å². The molecule has 0 heterocycles. The van der Waals surface area contributed by atoms with E-state index in [0.29, 0.717) is 0 Å². The molecule has 0 radical (unpaired) electrons. The van der Waals surface area contributed by atoms with E-state index in [1.165, 1.54) is 5.56 Å². The minimum atomic E-state index is 0.279. The number of rotatable bonds is 4. The lowest BCUT2D eigenvalue weighted by atomic mass is 9.94. The van der Waals surface area contributed by atoms with Crippen molar-refractivity contribution in [3.8, 4) is 0 Å². The molecule has 1 nitrogen and oxygen atoms in total. The Hall–Kier alpha value is -1.11. The van der Waals surface area contributed by atoms with Crippen LogP contribution in [0.2, 0.25) is 0 Å². The lowest BCUT2D eigenvalue weighted by molar-refractivity contribution is 0.900. The fourth-order valence-electron chi connectivity index (χ4n) is 1.43. The summed E-state index contributed by atoms with van der Waals surface area (Å²) in [6, 6.07) is 10.3. The fraction of sp³-hybridized carbons (Fsp3) is 0.417. The molecule has 1 heteroatoms. The zero-order chi connectivity index (χ0) is 9.68. The molecule has 0 spiro atoms. The average Bonchev–Trinajstić information content (AvgIpc) is 2.18. The highest BCUT2D eigenvalue weighted by atomic mass is 14.4. The molecule has 0 aliphatic carbocycles. The molecule has 0 saturated heterocycles. The standard InChI is InChI=1S/C12H17N/c1-3-7-12(13)10(2)11-8-5-4-6-9-11/h4-6,8-10,13H,3,7H2,1-2H3/t10-/m1/s1. The SMILES string of the molecule is CCCC(=N)[C@H](C)c1ccccc1. The minimum absolute atomic E-state index is 0.279. The summed E-state index contributed by atoms with van der Waals surface area (Å²) in [6.45, 7) is 4.22. The van der Waals surface area contributed by atoms with Gasteiger partial charge in [-0.05, 0) is 12.0 Å². The average molecular weight is 175 g/mol. The van der Waals surface area contributed by atoms with E-state index in [-0.39, 0.29) is 5.92 Å². The minimum Gasteiger partial charge on any atom is -0.309 e. The van der Waals surface area contributed by atoms with Crippen molar-refractivity contribution in [2.75, 3.05) is 0 Å². The Balaban J connectivity index is 2.68. The van der Waals surface area contributed by atoms with Crippen molar-refractivity contribution < 1.29 is 0 Å². The Morgan fingerprint density at radius 1 is 1.31 bits per heavy atom. The zero-order valence-corrected chi connectivity index (χ0v) is 8.38. The largest absolute Gasteiger partial charge is 0.309 e. The first-order chi connectivity index (χ1) is 6.25. The maximum Gasteiger partial charge on any atom is 0.0188 e. The maximum atomic E-state index is 7.83. The van der Waals surface area contributed by atoms with Crippen LogP contribution < -0.4 is 0 Å².